The predicted molar refractivity (Wildman–Crippen MR) is 110 cm³/mol. The second-order valence-corrected chi connectivity index (χ2v) is 6.39. The molecule has 0 aliphatic heterocycles. The molecule has 1 amide bonds. The SMILES string of the molecule is CCOc1cc(C(=O)NCc2nnnn2-c2ccc(F)c(F)c2)cc(OCC)c1OCC. The van der Waals surface area contributed by atoms with Gasteiger partial charge in [0.25, 0.3) is 5.91 Å². The Labute approximate surface area is 183 Å². The molecule has 1 N–H and O–H groups in total. The number of hydrogen-bond donors (Lipinski definition) is 1. The molecule has 1 aromatic heterocycles. The summed E-state index contributed by atoms with van der Waals surface area (Å²) in [5, 5.41) is 13.9. The van der Waals surface area contributed by atoms with Gasteiger partial charge in [-0.3, -0.25) is 4.79 Å². The van der Waals surface area contributed by atoms with Gasteiger partial charge >= 0.3 is 0 Å². The Bertz CT molecular complexity index is 1060. The number of hydrogen-bond acceptors (Lipinski definition) is 7. The van der Waals surface area contributed by atoms with Gasteiger partial charge in [-0.05, 0) is 55.5 Å². The summed E-state index contributed by atoms with van der Waals surface area (Å²) >= 11 is 0. The van der Waals surface area contributed by atoms with Crippen LogP contribution in [0.25, 0.3) is 5.69 Å². The Hall–Kier alpha value is -3.76. The minimum absolute atomic E-state index is 0.0635. The Morgan fingerprint density at radius 2 is 1.62 bits per heavy atom. The smallest absolute Gasteiger partial charge is 0.251 e. The zero-order valence-corrected chi connectivity index (χ0v) is 17.9. The van der Waals surface area contributed by atoms with Gasteiger partial charge in [-0.2, -0.15) is 4.68 Å². The van der Waals surface area contributed by atoms with Gasteiger partial charge in [0.1, 0.15) is 0 Å². The average molecular weight is 447 g/mol. The van der Waals surface area contributed by atoms with E-state index >= 15 is 0 Å². The number of aromatic nitrogens is 4. The van der Waals surface area contributed by atoms with Crippen LogP contribution in [-0.2, 0) is 6.54 Å². The second kappa shape index (κ2) is 10.5. The maximum Gasteiger partial charge on any atom is 0.251 e. The first-order valence-corrected chi connectivity index (χ1v) is 10.1. The monoisotopic (exact) mass is 447 g/mol. The van der Waals surface area contributed by atoms with Crippen LogP contribution >= 0.6 is 0 Å². The van der Waals surface area contributed by atoms with Crippen molar-refractivity contribution in [3.8, 4) is 22.9 Å². The first-order valence-electron chi connectivity index (χ1n) is 10.1. The molecule has 11 heteroatoms. The number of nitrogens with zero attached hydrogens (tertiary/aromatic N) is 4. The van der Waals surface area contributed by atoms with E-state index in [1.807, 2.05) is 20.8 Å². The minimum atomic E-state index is -1.03. The Balaban J connectivity index is 1.82. The zero-order chi connectivity index (χ0) is 23.1. The van der Waals surface area contributed by atoms with Crippen molar-refractivity contribution in [2.24, 2.45) is 0 Å². The lowest BCUT2D eigenvalue weighted by atomic mass is 10.1. The van der Waals surface area contributed by atoms with E-state index in [1.54, 1.807) is 12.1 Å². The third kappa shape index (κ3) is 5.10. The van der Waals surface area contributed by atoms with Gasteiger partial charge in [-0.15, -0.1) is 5.10 Å². The Morgan fingerprint density at radius 1 is 0.969 bits per heavy atom. The third-order valence-electron chi connectivity index (χ3n) is 4.26. The number of ether oxygens (including phenoxy) is 3. The molecule has 0 saturated heterocycles. The molecule has 0 fully saturated rings. The highest BCUT2D eigenvalue weighted by molar-refractivity contribution is 5.95. The summed E-state index contributed by atoms with van der Waals surface area (Å²) in [6, 6.07) is 6.38. The second-order valence-electron chi connectivity index (χ2n) is 6.39. The minimum Gasteiger partial charge on any atom is -0.490 e. The number of halogens is 2. The van der Waals surface area contributed by atoms with E-state index in [9.17, 15) is 13.6 Å². The topological polar surface area (TPSA) is 100 Å². The number of nitrogens with one attached hydrogen (secondary N) is 1. The predicted octanol–water partition coefficient (Wildman–Crippen LogP) is 3.07. The van der Waals surface area contributed by atoms with E-state index in [4.69, 9.17) is 14.2 Å². The summed E-state index contributed by atoms with van der Waals surface area (Å²) < 4.78 is 44.9. The van der Waals surface area contributed by atoms with Crippen molar-refractivity contribution >= 4 is 5.91 Å². The van der Waals surface area contributed by atoms with E-state index in [2.05, 4.69) is 20.8 Å². The largest absolute Gasteiger partial charge is 0.490 e. The molecule has 0 aliphatic rings. The van der Waals surface area contributed by atoms with E-state index in [0.717, 1.165) is 12.1 Å². The number of tetrazole rings is 1. The van der Waals surface area contributed by atoms with Crippen molar-refractivity contribution in [3.05, 3.63) is 53.4 Å². The summed E-state index contributed by atoms with van der Waals surface area (Å²) in [5.41, 5.74) is 0.503. The van der Waals surface area contributed by atoms with Crippen molar-refractivity contribution in [1.29, 1.82) is 0 Å². The number of carbonyl (C=O) groups excluding carboxylic acids is 1. The fraction of sp³-hybridized carbons (Fsp3) is 0.333. The first-order chi connectivity index (χ1) is 15.5. The molecule has 32 heavy (non-hydrogen) atoms. The summed E-state index contributed by atoms with van der Waals surface area (Å²) in [7, 11) is 0. The fourth-order valence-electron chi connectivity index (χ4n) is 2.91. The van der Waals surface area contributed by atoms with Crippen molar-refractivity contribution in [2.45, 2.75) is 27.3 Å². The molecule has 170 valence electrons. The molecule has 3 rings (SSSR count). The van der Waals surface area contributed by atoms with E-state index < -0.39 is 17.5 Å². The summed E-state index contributed by atoms with van der Waals surface area (Å²) in [4.78, 5) is 12.8. The number of rotatable bonds is 10. The van der Waals surface area contributed by atoms with Crippen LogP contribution in [0.3, 0.4) is 0 Å². The Morgan fingerprint density at radius 3 is 2.22 bits per heavy atom. The Kier molecular flexibility index (Phi) is 7.53. The van der Waals surface area contributed by atoms with Crippen molar-refractivity contribution in [3.63, 3.8) is 0 Å². The molecule has 0 bridgehead atoms. The molecule has 0 aliphatic carbocycles. The number of benzene rings is 2. The molecule has 0 saturated carbocycles. The first kappa shape index (κ1) is 22.9. The van der Waals surface area contributed by atoms with Gasteiger partial charge < -0.3 is 19.5 Å². The highest BCUT2D eigenvalue weighted by Crippen LogP contribution is 2.39. The van der Waals surface area contributed by atoms with Crippen LogP contribution in [0.15, 0.2) is 30.3 Å². The lowest BCUT2D eigenvalue weighted by molar-refractivity contribution is 0.0948. The molecule has 0 spiro atoms. The van der Waals surface area contributed by atoms with Crippen molar-refractivity contribution in [2.75, 3.05) is 19.8 Å². The molecular weight excluding hydrogens is 424 g/mol. The van der Waals surface area contributed by atoms with E-state index in [1.165, 1.54) is 10.7 Å². The van der Waals surface area contributed by atoms with Crippen LogP contribution in [0.4, 0.5) is 8.78 Å². The lowest BCUT2D eigenvalue weighted by Gasteiger charge is -2.17. The molecule has 0 unspecified atom stereocenters. The zero-order valence-electron chi connectivity index (χ0n) is 17.9. The van der Waals surface area contributed by atoms with Crippen molar-refractivity contribution < 1.29 is 27.8 Å². The van der Waals surface area contributed by atoms with Crippen LogP contribution in [-0.4, -0.2) is 45.9 Å². The maximum absolute atomic E-state index is 13.6. The molecule has 3 aromatic rings. The van der Waals surface area contributed by atoms with Gasteiger partial charge in [-0.1, -0.05) is 0 Å². The molecule has 0 atom stereocenters. The molecule has 0 radical (unpaired) electrons. The molecule has 9 nitrogen and oxygen atoms in total. The lowest BCUT2D eigenvalue weighted by Crippen LogP contribution is -2.25. The van der Waals surface area contributed by atoms with Gasteiger partial charge in [0.15, 0.2) is 29.0 Å². The average Bonchev–Trinajstić information content (AvgIpc) is 3.25. The van der Waals surface area contributed by atoms with E-state index in [0.29, 0.717) is 37.1 Å². The summed E-state index contributed by atoms with van der Waals surface area (Å²) in [5.74, 6) is -1.03. The van der Waals surface area contributed by atoms with Crippen LogP contribution in [0.2, 0.25) is 0 Å². The number of carbonyl (C=O) groups is 1. The highest BCUT2D eigenvalue weighted by atomic mass is 19.2. The van der Waals surface area contributed by atoms with Crippen LogP contribution in [0.1, 0.15) is 37.0 Å². The molecule has 1 heterocycles. The fourth-order valence-corrected chi connectivity index (χ4v) is 2.91. The summed E-state index contributed by atoms with van der Waals surface area (Å²) in [6.45, 7) is 6.56. The van der Waals surface area contributed by atoms with Gasteiger partial charge in [-0.25, -0.2) is 8.78 Å². The van der Waals surface area contributed by atoms with Gasteiger partial charge in [0, 0.05) is 11.6 Å². The standard InChI is InChI=1S/C21H23F2N5O4/c1-4-30-17-9-13(10-18(31-5-2)20(17)32-6-3)21(29)24-12-19-25-26-27-28(19)14-7-8-15(22)16(23)11-14/h7-11H,4-6,12H2,1-3H3,(H,24,29). The molecular formula is C21H23F2N5O4. The van der Waals surface area contributed by atoms with Crippen LogP contribution < -0.4 is 19.5 Å². The van der Waals surface area contributed by atoms with Crippen molar-refractivity contribution in [1.82, 2.24) is 25.5 Å². The van der Waals surface area contributed by atoms with Crippen LogP contribution in [0.5, 0.6) is 17.2 Å². The van der Waals surface area contributed by atoms with Crippen LogP contribution in [0, 0.1) is 11.6 Å². The van der Waals surface area contributed by atoms with E-state index in [-0.39, 0.29) is 23.6 Å². The highest BCUT2D eigenvalue weighted by Gasteiger charge is 2.19. The van der Waals surface area contributed by atoms with Gasteiger partial charge in [0.05, 0.1) is 32.1 Å². The normalized spacial score (nSPS) is 10.7. The number of amides is 1. The molecule has 2 aromatic carbocycles. The quantitative estimate of drug-likeness (QED) is 0.510. The maximum atomic E-state index is 13.6. The third-order valence-corrected chi connectivity index (χ3v) is 4.26. The summed E-state index contributed by atoms with van der Waals surface area (Å²) in [6.07, 6.45) is 0. The van der Waals surface area contributed by atoms with Gasteiger partial charge in [0.2, 0.25) is 5.75 Å².